The number of aromatic nitrogens is 2. The second-order valence-corrected chi connectivity index (χ2v) is 16.3. The van der Waals surface area contributed by atoms with Gasteiger partial charge in [0.15, 0.2) is 0 Å². The van der Waals surface area contributed by atoms with E-state index in [1.54, 1.807) is 0 Å². The molecule has 12 rings (SSSR count). The molecule has 0 bridgehead atoms. The molecular formula is C48H30N2S2. The number of benzene rings is 8. The van der Waals surface area contributed by atoms with E-state index in [0.717, 1.165) is 0 Å². The number of hydrogen-bond acceptors (Lipinski definition) is 2. The van der Waals surface area contributed by atoms with Crippen LogP contribution in [0, 0.1) is 0 Å². The Kier molecular flexibility index (Phi) is 5.70. The highest BCUT2D eigenvalue weighted by atomic mass is 32.1. The van der Waals surface area contributed by atoms with Gasteiger partial charge in [-0.05, 0) is 81.6 Å². The van der Waals surface area contributed by atoms with Gasteiger partial charge in [0, 0.05) is 88.7 Å². The van der Waals surface area contributed by atoms with Gasteiger partial charge in [-0.2, -0.15) is 0 Å². The summed E-state index contributed by atoms with van der Waals surface area (Å²) in [5, 5.41) is 13.4. The molecule has 0 aliphatic rings. The summed E-state index contributed by atoms with van der Waals surface area (Å²) in [5.41, 5.74) is 10.1. The summed E-state index contributed by atoms with van der Waals surface area (Å²) in [7, 11) is 4.33. The lowest BCUT2D eigenvalue weighted by Gasteiger charge is -2.06. The molecule has 12 aromatic rings. The van der Waals surface area contributed by atoms with Crippen LogP contribution in [0.1, 0.15) is 0 Å². The Morgan fingerprint density at radius 1 is 0.327 bits per heavy atom. The zero-order chi connectivity index (χ0) is 34.2. The van der Waals surface area contributed by atoms with Gasteiger partial charge in [0.1, 0.15) is 0 Å². The Balaban J connectivity index is 1.06. The molecule has 0 fully saturated rings. The standard InChI is InChI=1S/C48H30N2S2/c1-49-39-13-7-5-9-31(39)37-23-27(17-21-41(37)49)29-15-19-35-43(25-29)51-47-45(35)33-11-3-4-12-34(33)46-36-20-16-30(26-44(36)52-48(46)47)28-18-22-42-38(24-28)32-10-6-8-14-40(32)50(42)2/h3-26H,1-2H3. The zero-order valence-corrected chi connectivity index (χ0v) is 30.2. The first kappa shape index (κ1) is 28.7. The van der Waals surface area contributed by atoms with E-state index in [0.29, 0.717) is 0 Å². The van der Waals surface area contributed by atoms with Crippen LogP contribution in [-0.4, -0.2) is 9.13 Å². The Hall–Kier alpha value is -5.94. The highest BCUT2D eigenvalue weighted by Gasteiger charge is 2.19. The van der Waals surface area contributed by atoms with Gasteiger partial charge < -0.3 is 9.13 Å². The maximum absolute atomic E-state index is 2.42. The third kappa shape index (κ3) is 3.78. The van der Waals surface area contributed by atoms with Crippen LogP contribution in [0.3, 0.4) is 0 Å². The molecule has 4 heteroatoms. The second-order valence-electron chi connectivity index (χ2n) is 14.2. The monoisotopic (exact) mass is 698 g/mol. The minimum Gasteiger partial charge on any atom is -0.344 e. The van der Waals surface area contributed by atoms with Crippen molar-refractivity contribution in [3.8, 4) is 22.3 Å². The molecule has 2 nitrogen and oxygen atoms in total. The lowest BCUT2D eigenvalue weighted by molar-refractivity contribution is 1.01. The predicted octanol–water partition coefficient (Wildman–Crippen LogP) is 14.2. The summed E-state index contributed by atoms with van der Waals surface area (Å²) >= 11 is 3.90. The van der Waals surface area contributed by atoms with E-state index in [-0.39, 0.29) is 0 Å². The number of para-hydroxylation sites is 2. The zero-order valence-electron chi connectivity index (χ0n) is 28.6. The predicted molar refractivity (Wildman–Crippen MR) is 229 cm³/mol. The molecule has 0 atom stereocenters. The average molecular weight is 699 g/mol. The molecule has 52 heavy (non-hydrogen) atoms. The lowest BCUT2D eigenvalue weighted by atomic mass is 9.97. The Labute approximate surface area is 307 Å². The van der Waals surface area contributed by atoms with Crippen molar-refractivity contribution in [1.82, 2.24) is 9.13 Å². The molecule has 0 unspecified atom stereocenters. The van der Waals surface area contributed by atoms with Crippen molar-refractivity contribution in [3.05, 3.63) is 146 Å². The van der Waals surface area contributed by atoms with Crippen LogP contribution in [0.25, 0.3) is 117 Å². The van der Waals surface area contributed by atoms with Crippen molar-refractivity contribution >= 4 is 117 Å². The number of nitrogens with zero attached hydrogens (tertiary/aromatic N) is 2. The molecule has 244 valence electrons. The normalized spacial score (nSPS) is 12.4. The minimum atomic E-state index is 1.26. The fourth-order valence-electron chi connectivity index (χ4n) is 9.02. The van der Waals surface area contributed by atoms with Gasteiger partial charge >= 0.3 is 0 Å². The summed E-state index contributed by atoms with van der Waals surface area (Å²) in [6, 6.07) is 54.6. The number of fused-ring (bicyclic) bond motifs is 16. The first-order valence-corrected chi connectivity index (χ1v) is 19.4. The molecule has 0 amide bonds. The van der Waals surface area contributed by atoms with E-state index >= 15 is 0 Å². The number of thiophene rings is 2. The molecule has 0 radical (unpaired) electrons. The van der Waals surface area contributed by atoms with Gasteiger partial charge in [-0.3, -0.25) is 0 Å². The van der Waals surface area contributed by atoms with Crippen LogP contribution in [0.5, 0.6) is 0 Å². The van der Waals surface area contributed by atoms with E-state index in [2.05, 4.69) is 169 Å². The SMILES string of the molecule is Cn1c2ccccc2c2cc(-c3ccc4c(c3)sc3c5sc6cc(-c7ccc8c(c7)c7ccccc7n8C)ccc6c5c5ccccc5c43)ccc21. The number of rotatable bonds is 2. The third-order valence-electron chi connectivity index (χ3n) is 11.5. The van der Waals surface area contributed by atoms with Crippen LogP contribution in [0.15, 0.2) is 146 Å². The van der Waals surface area contributed by atoms with Crippen molar-refractivity contribution in [3.63, 3.8) is 0 Å². The Bertz CT molecular complexity index is 3260. The molecule has 0 aliphatic heterocycles. The topological polar surface area (TPSA) is 9.86 Å². The summed E-state index contributed by atoms with van der Waals surface area (Å²) in [6.07, 6.45) is 0. The van der Waals surface area contributed by atoms with Crippen LogP contribution in [0.4, 0.5) is 0 Å². The highest BCUT2D eigenvalue weighted by Crippen LogP contribution is 2.50. The molecule has 8 aromatic carbocycles. The van der Waals surface area contributed by atoms with Crippen molar-refractivity contribution in [2.45, 2.75) is 0 Å². The lowest BCUT2D eigenvalue weighted by Crippen LogP contribution is -1.86. The second kappa shape index (κ2) is 10.3. The van der Waals surface area contributed by atoms with Crippen molar-refractivity contribution < 1.29 is 0 Å². The minimum absolute atomic E-state index is 1.26. The van der Waals surface area contributed by atoms with Crippen molar-refractivity contribution in [2.24, 2.45) is 14.1 Å². The quantitative estimate of drug-likeness (QED) is 0.170. The molecule has 0 N–H and O–H groups in total. The molecule has 4 aromatic heterocycles. The van der Waals surface area contributed by atoms with Crippen LogP contribution in [-0.2, 0) is 14.1 Å². The first-order chi connectivity index (χ1) is 25.6. The molecule has 0 spiro atoms. The van der Waals surface area contributed by atoms with E-state index < -0.39 is 0 Å². The maximum atomic E-state index is 2.42. The van der Waals surface area contributed by atoms with Crippen LogP contribution in [0.2, 0.25) is 0 Å². The fourth-order valence-corrected chi connectivity index (χ4v) is 11.7. The summed E-state index contributed by atoms with van der Waals surface area (Å²) < 4.78 is 10.1. The number of aryl methyl sites for hydroxylation is 2. The molecular weight excluding hydrogens is 669 g/mol. The summed E-state index contributed by atoms with van der Waals surface area (Å²) in [4.78, 5) is 0. The molecule has 4 heterocycles. The van der Waals surface area contributed by atoms with E-state index in [4.69, 9.17) is 0 Å². The first-order valence-electron chi connectivity index (χ1n) is 17.8. The van der Waals surface area contributed by atoms with E-state index in [1.165, 1.54) is 117 Å². The van der Waals surface area contributed by atoms with Crippen molar-refractivity contribution in [1.29, 1.82) is 0 Å². The van der Waals surface area contributed by atoms with Gasteiger partial charge in [-0.25, -0.2) is 0 Å². The average Bonchev–Trinajstić information content (AvgIpc) is 3.93. The maximum Gasteiger partial charge on any atom is 0.0540 e. The van der Waals surface area contributed by atoms with Gasteiger partial charge in [-0.15, -0.1) is 22.7 Å². The van der Waals surface area contributed by atoms with Gasteiger partial charge in [-0.1, -0.05) is 97.1 Å². The highest BCUT2D eigenvalue weighted by molar-refractivity contribution is 7.33. The molecule has 0 saturated carbocycles. The Morgan fingerprint density at radius 2 is 0.692 bits per heavy atom. The largest absolute Gasteiger partial charge is 0.344 e. The van der Waals surface area contributed by atoms with Crippen molar-refractivity contribution in [2.75, 3.05) is 0 Å². The summed E-state index contributed by atoms with van der Waals surface area (Å²) in [6.45, 7) is 0. The van der Waals surface area contributed by atoms with E-state index in [9.17, 15) is 0 Å². The van der Waals surface area contributed by atoms with E-state index in [1.807, 2.05) is 22.7 Å². The van der Waals surface area contributed by atoms with Crippen LogP contribution < -0.4 is 0 Å². The smallest absolute Gasteiger partial charge is 0.0540 e. The third-order valence-corrected chi connectivity index (χ3v) is 14.0. The molecule has 0 aliphatic carbocycles. The Morgan fingerprint density at radius 3 is 1.15 bits per heavy atom. The summed E-state index contributed by atoms with van der Waals surface area (Å²) in [5.74, 6) is 0. The van der Waals surface area contributed by atoms with Gasteiger partial charge in [0.05, 0.1) is 9.40 Å². The molecule has 0 saturated heterocycles. The van der Waals surface area contributed by atoms with Crippen LogP contribution >= 0.6 is 22.7 Å². The fraction of sp³-hybridized carbons (Fsp3) is 0.0417. The number of hydrogen-bond donors (Lipinski definition) is 0. The van der Waals surface area contributed by atoms with Gasteiger partial charge in [0.2, 0.25) is 0 Å². The van der Waals surface area contributed by atoms with Gasteiger partial charge in [0.25, 0.3) is 0 Å².